The van der Waals surface area contributed by atoms with Crippen molar-refractivity contribution in [3.05, 3.63) is 89.8 Å². The Morgan fingerprint density at radius 2 is 1.68 bits per heavy atom. The lowest BCUT2D eigenvalue weighted by Crippen LogP contribution is -2.38. The van der Waals surface area contributed by atoms with Gasteiger partial charge < -0.3 is 9.64 Å². The monoisotopic (exact) mass is 495 g/mol. The molecule has 2 aromatic heterocycles. The highest BCUT2D eigenvalue weighted by Gasteiger charge is 2.24. The summed E-state index contributed by atoms with van der Waals surface area (Å²) < 4.78 is 6.17. The maximum atomic E-state index is 12.9. The summed E-state index contributed by atoms with van der Waals surface area (Å²) in [6.45, 7) is 11.9. The van der Waals surface area contributed by atoms with Crippen molar-refractivity contribution in [2.45, 2.75) is 44.8 Å². The lowest BCUT2D eigenvalue weighted by atomic mass is 9.90. The summed E-state index contributed by atoms with van der Waals surface area (Å²) in [5, 5.41) is 0. The van der Waals surface area contributed by atoms with E-state index < -0.39 is 0 Å². The Morgan fingerprint density at radius 3 is 2.32 bits per heavy atom. The van der Waals surface area contributed by atoms with E-state index in [0.717, 1.165) is 69.8 Å². The highest BCUT2D eigenvalue weighted by molar-refractivity contribution is 5.94. The van der Waals surface area contributed by atoms with E-state index in [2.05, 4.69) is 36.7 Å². The molecule has 0 aliphatic carbocycles. The minimum absolute atomic E-state index is 0.122. The van der Waals surface area contributed by atoms with Crippen molar-refractivity contribution < 1.29 is 9.53 Å². The summed E-state index contributed by atoms with van der Waals surface area (Å²) in [5.41, 5.74) is 3.63. The zero-order chi connectivity index (χ0) is 25.5. The fourth-order valence-corrected chi connectivity index (χ4v) is 5.24. The Hall–Kier alpha value is -3.76. The average molecular weight is 496 g/mol. The smallest absolute Gasteiger partial charge is 0.187 e. The van der Waals surface area contributed by atoms with Crippen LogP contribution < -0.4 is 9.64 Å². The van der Waals surface area contributed by atoms with Crippen LogP contribution in [0.4, 0.5) is 11.4 Å². The molecular weight excluding hydrogens is 462 g/mol. The Bertz CT molecular complexity index is 1190. The summed E-state index contributed by atoms with van der Waals surface area (Å²) in [7, 11) is 0. The molecule has 0 bridgehead atoms. The van der Waals surface area contributed by atoms with Crippen LogP contribution in [0.2, 0.25) is 0 Å². The number of piperidine rings is 2. The fourth-order valence-electron chi connectivity index (χ4n) is 5.24. The predicted octanol–water partition coefficient (Wildman–Crippen LogP) is 5.56. The number of carbonyl (C=O) groups excluding carboxylic acids is 1. The molecule has 190 valence electrons. The minimum atomic E-state index is 0.122. The number of nitrogens with zero attached hydrogens (tertiary/aromatic N) is 5. The number of hydrogen-bond donors (Lipinski definition) is 0. The van der Waals surface area contributed by atoms with Crippen molar-refractivity contribution in [2.24, 2.45) is 5.92 Å². The Balaban J connectivity index is 1.04. The molecule has 1 aromatic carbocycles. The molecule has 3 aromatic rings. The van der Waals surface area contributed by atoms with Crippen LogP contribution in [0.25, 0.3) is 4.85 Å². The molecule has 2 aliphatic heterocycles. The molecular formula is C30H33N5O2. The second-order valence-corrected chi connectivity index (χ2v) is 10.0. The van der Waals surface area contributed by atoms with Gasteiger partial charge in [0.1, 0.15) is 17.5 Å². The third kappa shape index (κ3) is 6.72. The van der Waals surface area contributed by atoms with E-state index >= 15 is 0 Å². The van der Waals surface area contributed by atoms with E-state index in [1.165, 1.54) is 5.56 Å². The van der Waals surface area contributed by atoms with Crippen LogP contribution in [-0.2, 0) is 6.54 Å². The van der Waals surface area contributed by atoms with E-state index in [4.69, 9.17) is 11.3 Å². The van der Waals surface area contributed by atoms with Crippen LogP contribution in [0.1, 0.15) is 48.2 Å². The van der Waals surface area contributed by atoms with Crippen LogP contribution in [-0.4, -0.2) is 52.9 Å². The first-order valence-corrected chi connectivity index (χ1v) is 13.2. The number of anilines is 1. The highest BCUT2D eigenvalue weighted by atomic mass is 16.5. The molecule has 7 nitrogen and oxygen atoms in total. The average Bonchev–Trinajstić information content (AvgIpc) is 2.95. The van der Waals surface area contributed by atoms with Crippen LogP contribution >= 0.6 is 0 Å². The number of ether oxygens (including phenoxy) is 1. The first kappa shape index (κ1) is 24.9. The van der Waals surface area contributed by atoms with E-state index in [0.29, 0.717) is 23.7 Å². The van der Waals surface area contributed by atoms with Gasteiger partial charge in [0, 0.05) is 57.0 Å². The number of rotatable bonds is 8. The Labute approximate surface area is 218 Å². The van der Waals surface area contributed by atoms with Crippen molar-refractivity contribution in [1.82, 2.24) is 14.9 Å². The van der Waals surface area contributed by atoms with Crippen LogP contribution in [0.5, 0.6) is 5.75 Å². The second-order valence-electron chi connectivity index (χ2n) is 10.0. The molecule has 0 N–H and O–H groups in total. The zero-order valence-electron chi connectivity index (χ0n) is 21.1. The molecule has 0 atom stereocenters. The molecule has 5 rings (SSSR count). The second kappa shape index (κ2) is 12.0. The molecule has 0 spiro atoms. The summed E-state index contributed by atoms with van der Waals surface area (Å²) in [4.78, 5) is 29.6. The van der Waals surface area contributed by atoms with Gasteiger partial charge in [0.25, 0.3) is 0 Å². The third-order valence-corrected chi connectivity index (χ3v) is 7.45. The number of hydrogen-bond acceptors (Lipinski definition) is 6. The minimum Gasteiger partial charge on any atom is -0.489 e. The number of Topliss-reactive ketones (excluding diaryl/α,β-unsaturated/α-hetero) is 1. The van der Waals surface area contributed by atoms with Gasteiger partial charge in [0.2, 0.25) is 0 Å². The van der Waals surface area contributed by atoms with Gasteiger partial charge in [-0.1, -0.05) is 12.1 Å². The molecule has 2 fully saturated rings. The van der Waals surface area contributed by atoms with Gasteiger partial charge >= 0.3 is 0 Å². The maximum absolute atomic E-state index is 12.9. The van der Waals surface area contributed by atoms with Crippen molar-refractivity contribution >= 4 is 17.2 Å². The molecule has 0 unspecified atom stereocenters. The van der Waals surface area contributed by atoms with Crippen molar-refractivity contribution in [3.8, 4) is 5.75 Å². The first-order chi connectivity index (χ1) is 18.2. The molecule has 37 heavy (non-hydrogen) atoms. The van der Waals surface area contributed by atoms with Crippen LogP contribution in [0, 0.1) is 12.5 Å². The standard InChI is InChI=1S/C30H33N5O2/c1-31-25-2-4-26(5-3-25)35-18-12-27(13-19-35)37-28-6-7-29(33-21-28)30(36)20-23-10-16-34(17-11-23)22-24-8-14-32-15-9-24/h2-9,14-15,21,23,27H,10-13,16-20,22H2. The number of carbonyl (C=O) groups is 1. The van der Waals surface area contributed by atoms with Gasteiger partial charge in [0.15, 0.2) is 11.5 Å². The number of pyridine rings is 2. The number of ketones is 1. The summed E-state index contributed by atoms with van der Waals surface area (Å²) >= 11 is 0. The van der Waals surface area contributed by atoms with Gasteiger partial charge in [-0.05, 0) is 73.8 Å². The highest BCUT2D eigenvalue weighted by Crippen LogP contribution is 2.26. The largest absolute Gasteiger partial charge is 0.489 e. The van der Waals surface area contributed by atoms with Crippen LogP contribution in [0.3, 0.4) is 0 Å². The van der Waals surface area contributed by atoms with Crippen molar-refractivity contribution in [2.75, 3.05) is 31.1 Å². The lowest BCUT2D eigenvalue weighted by molar-refractivity contribution is 0.0920. The molecule has 0 radical (unpaired) electrons. The quantitative estimate of drug-likeness (QED) is 0.301. The van der Waals surface area contributed by atoms with E-state index in [-0.39, 0.29) is 11.9 Å². The fraction of sp³-hybridized carbons (Fsp3) is 0.400. The Morgan fingerprint density at radius 1 is 0.946 bits per heavy atom. The van der Waals surface area contributed by atoms with Crippen molar-refractivity contribution in [1.29, 1.82) is 0 Å². The van der Waals surface area contributed by atoms with Gasteiger partial charge in [-0.15, -0.1) is 0 Å². The van der Waals surface area contributed by atoms with Crippen molar-refractivity contribution in [3.63, 3.8) is 0 Å². The topological polar surface area (TPSA) is 62.9 Å². The zero-order valence-corrected chi connectivity index (χ0v) is 21.1. The SMILES string of the molecule is [C-]#[N+]c1ccc(N2CCC(Oc3ccc(C(=O)CC4CCN(Cc5ccncc5)CC4)nc3)CC2)cc1. The first-order valence-electron chi connectivity index (χ1n) is 13.2. The number of benzene rings is 1. The molecule has 2 saturated heterocycles. The normalized spacial score (nSPS) is 17.3. The Kier molecular flexibility index (Phi) is 8.07. The van der Waals surface area contributed by atoms with Gasteiger partial charge in [-0.2, -0.15) is 0 Å². The number of aromatic nitrogens is 2. The van der Waals surface area contributed by atoms with E-state index in [1.807, 2.05) is 48.8 Å². The predicted molar refractivity (Wildman–Crippen MR) is 144 cm³/mol. The maximum Gasteiger partial charge on any atom is 0.187 e. The summed E-state index contributed by atoms with van der Waals surface area (Å²) in [6.07, 6.45) is 10.0. The molecule has 2 aliphatic rings. The summed E-state index contributed by atoms with van der Waals surface area (Å²) in [6, 6.07) is 15.6. The third-order valence-electron chi connectivity index (χ3n) is 7.45. The van der Waals surface area contributed by atoms with Crippen LogP contribution in [0.15, 0.2) is 67.1 Å². The van der Waals surface area contributed by atoms with Gasteiger partial charge in [-0.3, -0.25) is 14.7 Å². The lowest BCUT2D eigenvalue weighted by Gasteiger charge is -2.33. The summed E-state index contributed by atoms with van der Waals surface area (Å²) in [5.74, 6) is 1.26. The van der Waals surface area contributed by atoms with E-state index in [1.54, 1.807) is 6.20 Å². The molecule has 0 saturated carbocycles. The molecule has 0 amide bonds. The van der Waals surface area contributed by atoms with E-state index in [9.17, 15) is 4.79 Å². The number of likely N-dealkylation sites (tertiary alicyclic amines) is 1. The van der Waals surface area contributed by atoms with Gasteiger partial charge in [-0.25, -0.2) is 9.83 Å². The molecule has 7 heteroatoms. The van der Waals surface area contributed by atoms with Gasteiger partial charge in [0.05, 0.1) is 12.8 Å². The molecule has 4 heterocycles.